The van der Waals surface area contributed by atoms with Crippen molar-refractivity contribution in [1.29, 1.82) is 0 Å². The Hall–Kier alpha value is -1.01. The molecule has 1 radical (unpaired) electrons. The normalized spacial score (nSPS) is 9.59. The van der Waals surface area contributed by atoms with E-state index in [4.69, 9.17) is 0 Å². The summed E-state index contributed by atoms with van der Waals surface area (Å²) in [6, 6.07) is 0. The van der Waals surface area contributed by atoms with Crippen molar-refractivity contribution < 1.29 is 32.7 Å². The van der Waals surface area contributed by atoms with Crippen molar-refractivity contribution in [2.45, 2.75) is 6.92 Å². The molecule has 2 aromatic heterocycles. The van der Waals surface area contributed by atoms with E-state index in [-0.39, 0.29) is 32.7 Å². The fraction of sp³-hybridized carbons (Fsp3) is 0.300. The van der Waals surface area contributed by atoms with Crippen LogP contribution in [0.5, 0.6) is 0 Å². The molecule has 2 N–H and O–H groups in total. The molecule has 6 nitrogen and oxygen atoms in total. The fourth-order valence-electron chi connectivity index (χ4n) is 1.32. The van der Waals surface area contributed by atoms with Crippen molar-refractivity contribution in [3.63, 3.8) is 0 Å². The zero-order chi connectivity index (χ0) is 11.5. The molecule has 0 aliphatic rings. The number of aryl methyl sites for hydroxylation is 2. The maximum Gasteiger partial charge on any atom is 0.112 e. The molecule has 0 atom stereocenters. The Labute approximate surface area is 125 Å². The van der Waals surface area contributed by atoms with Gasteiger partial charge in [0, 0.05) is 51.8 Å². The molecule has 0 bridgehead atoms. The van der Waals surface area contributed by atoms with Crippen molar-refractivity contribution in [1.82, 2.24) is 19.7 Å². The molecule has 0 spiro atoms. The minimum Gasteiger partial charge on any atom is -0.424 e. The zero-order valence-electron chi connectivity index (χ0n) is 10.0. The van der Waals surface area contributed by atoms with Gasteiger partial charge >= 0.3 is 0 Å². The summed E-state index contributed by atoms with van der Waals surface area (Å²) >= 11 is 0. The predicted molar refractivity (Wildman–Crippen MR) is 61.6 cm³/mol. The molecule has 2 heterocycles. The molecule has 0 aromatic carbocycles. The second kappa shape index (κ2) is 6.07. The van der Waals surface area contributed by atoms with Crippen molar-refractivity contribution in [2.24, 2.45) is 7.05 Å². The van der Waals surface area contributed by atoms with Crippen LogP contribution in [0.15, 0.2) is 12.4 Å². The van der Waals surface area contributed by atoms with Crippen molar-refractivity contribution in [3.05, 3.63) is 24.2 Å². The SMILES string of the molecule is CNc1nc(Nc2cnn(C)c2)n[c-]c1C.[Y]. The van der Waals surface area contributed by atoms with E-state index in [1.807, 2.05) is 27.2 Å². The van der Waals surface area contributed by atoms with Crippen LogP contribution in [-0.4, -0.2) is 26.8 Å². The van der Waals surface area contributed by atoms with Crippen LogP contribution in [0.1, 0.15) is 5.56 Å². The van der Waals surface area contributed by atoms with Gasteiger partial charge in [-0.1, -0.05) is 13.1 Å². The molecular formula is C10H13N6Y-. The Kier molecular flexibility index (Phi) is 5.02. The first-order chi connectivity index (χ1) is 7.69. The maximum absolute atomic E-state index is 4.29. The molecule has 0 aliphatic heterocycles. The Bertz CT molecular complexity index is 495. The molecule has 0 amide bonds. The van der Waals surface area contributed by atoms with Crippen LogP contribution in [0.2, 0.25) is 0 Å². The van der Waals surface area contributed by atoms with Gasteiger partial charge in [-0.05, 0) is 7.05 Å². The van der Waals surface area contributed by atoms with Gasteiger partial charge in [0.1, 0.15) is 5.95 Å². The van der Waals surface area contributed by atoms with Crippen LogP contribution >= 0.6 is 0 Å². The summed E-state index contributed by atoms with van der Waals surface area (Å²) in [5.74, 6) is 1.27. The smallest absolute Gasteiger partial charge is 0.112 e. The summed E-state index contributed by atoms with van der Waals surface area (Å²) < 4.78 is 1.71. The van der Waals surface area contributed by atoms with Crippen molar-refractivity contribution in [2.75, 3.05) is 17.7 Å². The third kappa shape index (κ3) is 3.47. The van der Waals surface area contributed by atoms with Gasteiger partial charge in [-0.15, -0.1) is 5.56 Å². The molecular weight excluding hydrogens is 293 g/mol. The number of rotatable bonds is 3. The minimum absolute atomic E-state index is 0. The summed E-state index contributed by atoms with van der Waals surface area (Å²) in [5.41, 5.74) is 1.74. The first-order valence-electron chi connectivity index (χ1n) is 4.89. The molecule has 0 saturated carbocycles. The Morgan fingerprint density at radius 2 is 2.18 bits per heavy atom. The van der Waals surface area contributed by atoms with Crippen LogP contribution in [0.25, 0.3) is 0 Å². The third-order valence-corrected chi connectivity index (χ3v) is 2.10. The van der Waals surface area contributed by atoms with Gasteiger partial charge in [0.15, 0.2) is 0 Å². The van der Waals surface area contributed by atoms with Crippen LogP contribution in [0.3, 0.4) is 0 Å². The molecule has 0 saturated heterocycles. The van der Waals surface area contributed by atoms with E-state index in [9.17, 15) is 0 Å². The molecule has 2 aromatic rings. The zero-order valence-corrected chi connectivity index (χ0v) is 12.9. The largest absolute Gasteiger partial charge is 0.424 e. The van der Waals surface area contributed by atoms with Gasteiger partial charge in [-0.3, -0.25) is 4.68 Å². The van der Waals surface area contributed by atoms with Gasteiger partial charge in [0.05, 0.1) is 11.9 Å². The summed E-state index contributed by atoms with van der Waals surface area (Å²) in [6.45, 7) is 1.90. The van der Waals surface area contributed by atoms with Crippen LogP contribution in [0, 0.1) is 13.1 Å². The Morgan fingerprint density at radius 3 is 2.76 bits per heavy atom. The molecule has 0 fully saturated rings. The van der Waals surface area contributed by atoms with E-state index >= 15 is 0 Å². The molecule has 7 heteroatoms. The fourth-order valence-corrected chi connectivity index (χ4v) is 1.32. The van der Waals surface area contributed by atoms with E-state index < -0.39 is 0 Å². The topological polar surface area (TPSA) is 67.7 Å². The second-order valence-corrected chi connectivity index (χ2v) is 3.41. The number of hydrogen-bond acceptors (Lipinski definition) is 5. The molecule has 0 unspecified atom stereocenters. The number of hydrogen-bond donors (Lipinski definition) is 2. The molecule has 17 heavy (non-hydrogen) atoms. The maximum atomic E-state index is 4.29. The van der Waals surface area contributed by atoms with Crippen LogP contribution < -0.4 is 10.6 Å². The van der Waals surface area contributed by atoms with Gasteiger partial charge < -0.3 is 20.6 Å². The average Bonchev–Trinajstić information content (AvgIpc) is 2.67. The minimum atomic E-state index is 0. The first kappa shape index (κ1) is 14.1. The number of anilines is 3. The van der Waals surface area contributed by atoms with Gasteiger partial charge in [0.2, 0.25) is 0 Å². The van der Waals surface area contributed by atoms with E-state index in [0.29, 0.717) is 5.95 Å². The van der Waals surface area contributed by atoms with Crippen molar-refractivity contribution in [3.8, 4) is 0 Å². The van der Waals surface area contributed by atoms with E-state index in [1.54, 1.807) is 10.9 Å². The van der Waals surface area contributed by atoms with Crippen LogP contribution in [0.4, 0.5) is 17.5 Å². The third-order valence-electron chi connectivity index (χ3n) is 2.10. The monoisotopic (exact) mass is 306 g/mol. The van der Waals surface area contributed by atoms with E-state index in [1.165, 1.54) is 0 Å². The first-order valence-corrected chi connectivity index (χ1v) is 4.89. The quantitative estimate of drug-likeness (QED) is 0.831. The van der Waals surface area contributed by atoms with E-state index in [2.05, 4.69) is 31.9 Å². The van der Waals surface area contributed by atoms with Gasteiger partial charge in [0.25, 0.3) is 0 Å². The van der Waals surface area contributed by atoms with E-state index in [0.717, 1.165) is 17.1 Å². The standard InChI is InChI=1S/C10H13N6.Y/c1-7-4-12-10(15-9(7)11-2)14-8-5-13-16(3)6-8;/h5-6H,1-3H3,(H2,11,12,14,15);/q-1;. The van der Waals surface area contributed by atoms with Gasteiger partial charge in [-0.2, -0.15) is 5.10 Å². The average molecular weight is 306 g/mol. The molecule has 87 valence electrons. The predicted octanol–water partition coefficient (Wildman–Crippen LogP) is 1.10. The second-order valence-electron chi connectivity index (χ2n) is 3.41. The van der Waals surface area contributed by atoms with Gasteiger partial charge in [-0.25, -0.2) is 0 Å². The summed E-state index contributed by atoms with van der Waals surface area (Å²) in [7, 11) is 3.67. The number of nitrogens with one attached hydrogen (secondary N) is 2. The molecule has 2 rings (SSSR count). The number of nitrogens with zero attached hydrogens (tertiary/aromatic N) is 4. The Balaban J connectivity index is 0.00000144. The summed E-state index contributed by atoms with van der Waals surface area (Å²) in [5, 5.41) is 10.1. The summed E-state index contributed by atoms with van der Waals surface area (Å²) in [4.78, 5) is 8.36. The number of aromatic nitrogens is 4. The molecule has 0 aliphatic carbocycles. The van der Waals surface area contributed by atoms with Crippen molar-refractivity contribution >= 4 is 17.5 Å². The Morgan fingerprint density at radius 1 is 1.41 bits per heavy atom. The van der Waals surface area contributed by atoms with Crippen LogP contribution in [-0.2, 0) is 39.8 Å². The summed E-state index contributed by atoms with van der Waals surface area (Å²) in [6.07, 6.45) is 6.44.